The minimum Gasteiger partial charge on any atom is -0.399 e. The fourth-order valence-electron chi connectivity index (χ4n) is 7.00. The van der Waals surface area contributed by atoms with Gasteiger partial charge in [-0.3, -0.25) is 38.7 Å². The summed E-state index contributed by atoms with van der Waals surface area (Å²) in [7, 11) is -19.7. The molecule has 27 heteroatoms. The van der Waals surface area contributed by atoms with Gasteiger partial charge in [0.25, 0.3) is 40.5 Å². The number of ketones is 2. The molecule has 69 heavy (non-hydrogen) atoms. The molecule has 23 nitrogen and oxygen atoms in total. The van der Waals surface area contributed by atoms with Gasteiger partial charge in [-0.05, 0) is 126 Å². The molecule has 6 aromatic rings. The number of anilines is 6. The van der Waals surface area contributed by atoms with Crippen LogP contribution in [-0.2, 0) is 40.5 Å². The van der Waals surface area contributed by atoms with Crippen LogP contribution in [0.25, 0.3) is 22.9 Å². The van der Waals surface area contributed by atoms with E-state index in [0.717, 1.165) is 30.4 Å². The van der Waals surface area contributed by atoms with Crippen molar-refractivity contribution in [1.82, 2.24) is 0 Å². The van der Waals surface area contributed by atoms with Crippen molar-refractivity contribution < 1.29 is 61.5 Å². The number of azo groups is 1. The van der Waals surface area contributed by atoms with Crippen molar-refractivity contribution in [3.63, 3.8) is 0 Å². The molecule has 0 heterocycles. The number of nitrogens with two attached hydrogens (primary N) is 2. The zero-order chi connectivity index (χ0) is 49.8. The molecular weight excluding hydrogens is 983 g/mol. The molecule has 0 amide bonds. The van der Waals surface area contributed by atoms with Crippen molar-refractivity contribution in [3.8, 4) is 0 Å². The maximum absolute atomic E-state index is 13.4. The Balaban J connectivity index is 1.06. The van der Waals surface area contributed by atoms with Crippen molar-refractivity contribution in [2.24, 2.45) is 20.4 Å². The number of Topliss-reactive ketones (excluding diaryl/α,β-unsaturated/α-hetero) is 2. The Morgan fingerprint density at radius 2 is 1.01 bits per heavy atom. The van der Waals surface area contributed by atoms with Gasteiger partial charge in [0.15, 0.2) is 11.4 Å². The van der Waals surface area contributed by atoms with Crippen LogP contribution in [0.1, 0.15) is 31.8 Å². The van der Waals surface area contributed by atoms with Crippen molar-refractivity contribution in [2.45, 2.75) is 9.79 Å². The fourth-order valence-corrected chi connectivity index (χ4v) is 9.49. The second kappa shape index (κ2) is 17.6. The van der Waals surface area contributed by atoms with Gasteiger partial charge in [-0.15, -0.1) is 5.11 Å². The van der Waals surface area contributed by atoms with Gasteiger partial charge in [0.2, 0.25) is 11.6 Å². The van der Waals surface area contributed by atoms with Gasteiger partial charge in [-0.1, -0.05) is 6.07 Å². The van der Waals surface area contributed by atoms with Crippen LogP contribution in [0.15, 0.2) is 149 Å². The van der Waals surface area contributed by atoms with Gasteiger partial charge < -0.3 is 16.8 Å². The zero-order valence-corrected chi connectivity index (χ0v) is 37.8. The standard InChI is InChI=1S/C42H31N9O14S4/c43-23-1-9-29-21(15-23)17-37(68(60,61)62)39(41(29)52)50-46-26-5-3-25(4-6-26)45-35-12-7-27(19-36(35)67(57,58)59)47-48-34-14-13-33(31-11-8-28(20-32(31)34)66(54,55)56)49-51-40-38(69(63,64)65)18-22-16-24(44)2-10-30(22)42(40)53/h1-20,45-46,49H,43-44H2,(H,54,55,56)(H,57,58,59)(H,60,61,62)(H,63,64,65)/b48-47?,50-39+,51-40+. The van der Waals surface area contributed by atoms with Crippen molar-refractivity contribution in [2.75, 3.05) is 27.6 Å². The lowest BCUT2D eigenvalue weighted by Crippen LogP contribution is -2.27. The monoisotopic (exact) mass is 1010 g/mol. The van der Waals surface area contributed by atoms with Crippen LogP contribution >= 0.6 is 0 Å². The van der Waals surface area contributed by atoms with E-state index in [0.29, 0.717) is 0 Å². The maximum atomic E-state index is 13.4. The molecule has 0 unspecified atom stereocenters. The van der Waals surface area contributed by atoms with Gasteiger partial charge in [0.1, 0.15) is 14.7 Å². The molecule has 0 atom stereocenters. The highest BCUT2D eigenvalue weighted by molar-refractivity contribution is 7.91. The number of nitrogens with one attached hydrogen (secondary N) is 3. The number of allylic oxidation sites excluding steroid dienone is 2. The number of benzene rings is 6. The van der Waals surface area contributed by atoms with Crippen LogP contribution in [0.3, 0.4) is 0 Å². The first kappa shape index (κ1) is 47.5. The predicted octanol–water partition coefficient (Wildman–Crippen LogP) is 6.44. The van der Waals surface area contributed by atoms with Gasteiger partial charge in [0, 0.05) is 39.0 Å². The minimum absolute atomic E-state index is 0.00495. The topological polar surface area (TPSA) is 389 Å². The van der Waals surface area contributed by atoms with E-state index in [9.17, 15) is 61.5 Å². The molecule has 0 spiro atoms. The number of hydrazone groups is 2. The van der Waals surface area contributed by atoms with Gasteiger partial charge in [0.05, 0.1) is 33.3 Å². The fraction of sp³-hybridized carbons (Fsp3) is 0. The van der Waals surface area contributed by atoms with Crippen LogP contribution in [-0.4, -0.2) is 74.9 Å². The second-order valence-corrected chi connectivity index (χ2v) is 20.4. The molecule has 0 saturated carbocycles. The van der Waals surface area contributed by atoms with Crippen molar-refractivity contribution in [3.05, 3.63) is 141 Å². The average Bonchev–Trinajstić information content (AvgIpc) is 3.27. The minimum atomic E-state index is -5.01. The molecule has 11 N–H and O–H groups in total. The largest absolute Gasteiger partial charge is 0.399 e. The van der Waals surface area contributed by atoms with E-state index >= 15 is 0 Å². The molecule has 0 fully saturated rings. The second-order valence-electron chi connectivity index (χ2n) is 14.8. The van der Waals surface area contributed by atoms with E-state index in [-0.39, 0.29) is 78.5 Å². The molecule has 0 aromatic heterocycles. The number of hydrogen-bond donors (Lipinski definition) is 9. The first-order chi connectivity index (χ1) is 32.3. The summed E-state index contributed by atoms with van der Waals surface area (Å²) in [5.41, 5.74) is 16.4. The van der Waals surface area contributed by atoms with Crippen LogP contribution in [0, 0.1) is 0 Å². The smallest absolute Gasteiger partial charge is 0.296 e. The summed E-state index contributed by atoms with van der Waals surface area (Å²) in [4.78, 5) is 23.7. The number of carbonyl (C=O) groups excluding carboxylic acids is 2. The van der Waals surface area contributed by atoms with E-state index in [1.807, 2.05) is 0 Å². The first-order valence-corrected chi connectivity index (χ1v) is 25.0. The highest BCUT2D eigenvalue weighted by atomic mass is 32.2. The molecule has 0 saturated heterocycles. The molecular formula is C42H31N9O14S4. The van der Waals surface area contributed by atoms with E-state index in [2.05, 4.69) is 36.6 Å². The number of nitrogen functional groups attached to an aromatic ring is 2. The van der Waals surface area contributed by atoms with Crippen LogP contribution < -0.4 is 27.6 Å². The molecule has 2 aliphatic carbocycles. The Kier molecular flexibility index (Phi) is 12.1. The summed E-state index contributed by atoms with van der Waals surface area (Å²) >= 11 is 0. The third-order valence-corrected chi connectivity index (χ3v) is 13.7. The van der Waals surface area contributed by atoms with Gasteiger partial charge in [-0.2, -0.15) is 49.0 Å². The van der Waals surface area contributed by atoms with Crippen LogP contribution in [0.4, 0.5) is 45.5 Å². The quantitative estimate of drug-likeness (QED) is 0.0275. The Morgan fingerprint density at radius 1 is 0.478 bits per heavy atom. The summed E-state index contributed by atoms with van der Waals surface area (Å²) in [6.07, 6.45) is 2.07. The Labute approximate surface area is 390 Å². The predicted molar refractivity (Wildman–Crippen MR) is 255 cm³/mol. The van der Waals surface area contributed by atoms with E-state index < -0.39 is 83.1 Å². The number of rotatable bonds is 12. The van der Waals surface area contributed by atoms with Crippen molar-refractivity contribution in [1.29, 1.82) is 0 Å². The molecule has 352 valence electrons. The van der Waals surface area contributed by atoms with E-state index in [1.54, 1.807) is 0 Å². The highest BCUT2D eigenvalue weighted by Crippen LogP contribution is 2.37. The summed E-state index contributed by atoms with van der Waals surface area (Å²) in [6, 6.07) is 23.4. The third-order valence-electron chi connectivity index (χ3n) is 10.2. The highest BCUT2D eigenvalue weighted by Gasteiger charge is 2.34. The molecule has 0 radical (unpaired) electrons. The van der Waals surface area contributed by atoms with E-state index in [4.69, 9.17) is 11.5 Å². The number of carbonyl (C=O) groups is 2. The first-order valence-electron chi connectivity index (χ1n) is 19.2. The lowest BCUT2D eigenvalue weighted by atomic mass is 9.94. The zero-order valence-electron chi connectivity index (χ0n) is 34.5. The lowest BCUT2D eigenvalue weighted by Gasteiger charge is -2.17. The van der Waals surface area contributed by atoms with Crippen LogP contribution in [0.5, 0.6) is 0 Å². The Bertz CT molecular complexity index is 3870. The Morgan fingerprint density at radius 3 is 1.55 bits per heavy atom. The molecule has 8 rings (SSSR count). The van der Waals surface area contributed by atoms with Gasteiger partial charge in [-0.25, -0.2) is 0 Å². The van der Waals surface area contributed by atoms with Gasteiger partial charge >= 0.3 is 0 Å². The molecule has 0 aliphatic heterocycles. The summed E-state index contributed by atoms with van der Waals surface area (Å²) < 4.78 is 138. The normalized spacial score (nSPS) is 15.5. The number of nitrogens with zero attached hydrogens (tertiary/aromatic N) is 4. The lowest BCUT2D eigenvalue weighted by molar-refractivity contribution is 0.105. The van der Waals surface area contributed by atoms with Crippen molar-refractivity contribution >= 4 is 132 Å². The number of fused-ring (bicyclic) bond motifs is 3. The molecule has 2 aliphatic rings. The summed E-state index contributed by atoms with van der Waals surface area (Å²) in [5, 5.41) is 19.1. The number of hydrogen-bond acceptors (Lipinski definition) is 19. The maximum Gasteiger partial charge on any atom is 0.296 e. The Hall–Kier alpha value is -8.02. The molecule has 0 bridgehead atoms. The summed E-state index contributed by atoms with van der Waals surface area (Å²) in [6.45, 7) is 0. The SMILES string of the molecule is Nc1ccc2c(c1)C=C(S(=O)(=O)O)/C(=N\Nc1ccc(Nc3ccc(N=Nc4ccc(N/N=C5/C(=O)c6ccc(N)cc6C=C5S(=O)(=O)O)c5ccc(S(=O)(=O)O)cc45)cc3S(=O)(=O)O)cc1)C2=O. The summed E-state index contributed by atoms with van der Waals surface area (Å²) in [5.74, 6) is -1.69. The molecule has 6 aromatic carbocycles. The van der Waals surface area contributed by atoms with E-state index in [1.165, 1.54) is 91.0 Å². The van der Waals surface area contributed by atoms with Crippen LogP contribution in [0.2, 0.25) is 0 Å². The third kappa shape index (κ3) is 10.0. The average molecular weight is 1010 g/mol.